The highest BCUT2D eigenvalue weighted by Crippen LogP contribution is 2.59. The van der Waals surface area contributed by atoms with E-state index < -0.39 is 58.7 Å². The van der Waals surface area contributed by atoms with E-state index >= 15 is 0 Å². The number of allylic oxidation sites excluding steroid dienone is 2. The van der Waals surface area contributed by atoms with Crippen molar-refractivity contribution in [3.05, 3.63) is 154 Å². The van der Waals surface area contributed by atoms with Crippen LogP contribution in [0, 0.1) is 17.0 Å². The number of aliphatic hydroxyl groups excluding tert-OH is 1. The van der Waals surface area contributed by atoms with Crippen LogP contribution in [0.25, 0.3) is 10.8 Å². The summed E-state index contributed by atoms with van der Waals surface area (Å²) in [5, 5.41) is 25.8. The van der Waals surface area contributed by atoms with E-state index in [1.54, 1.807) is 18.2 Å². The minimum absolute atomic E-state index is 0.0586. The molecule has 0 radical (unpaired) electrons. The molecule has 0 heterocycles. The molecule has 2 N–H and O–H groups in total. The van der Waals surface area contributed by atoms with Crippen molar-refractivity contribution in [3.63, 3.8) is 0 Å². The lowest BCUT2D eigenvalue weighted by atomic mass is 9.64. The first-order valence-electron chi connectivity index (χ1n) is 20.0. The van der Waals surface area contributed by atoms with E-state index in [2.05, 4.69) is 10.8 Å². The number of alkyl halides is 3. The Morgan fingerprint density at radius 2 is 1.58 bits per heavy atom. The Morgan fingerprint density at radius 1 is 0.850 bits per heavy atom. The Hall–Kier alpha value is -5.59. The molecule has 0 aliphatic heterocycles. The third-order valence-corrected chi connectivity index (χ3v) is 12.3. The quantitative estimate of drug-likeness (QED) is 0.0919. The van der Waals surface area contributed by atoms with Crippen molar-refractivity contribution in [1.29, 1.82) is 0 Å². The summed E-state index contributed by atoms with van der Waals surface area (Å²) in [6.45, 7) is 3.53. The van der Waals surface area contributed by atoms with Crippen LogP contribution in [-0.2, 0) is 13.0 Å². The number of aliphatic hydroxyl groups is 2. The smallest absolute Gasteiger partial charge is 0.410 e. The average Bonchev–Trinajstić information content (AvgIpc) is 3.46. The summed E-state index contributed by atoms with van der Waals surface area (Å²) in [5.41, 5.74) is 0.351. The van der Waals surface area contributed by atoms with E-state index in [0.717, 1.165) is 40.6 Å². The summed E-state index contributed by atoms with van der Waals surface area (Å²) in [5.74, 6) is -3.46. The van der Waals surface area contributed by atoms with Gasteiger partial charge in [-0.05, 0) is 134 Å². The van der Waals surface area contributed by atoms with Gasteiger partial charge >= 0.3 is 12.5 Å². The summed E-state index contributed by atoms with van der Waals surface area (Å²) < 4.78 is 77.4. The summed E-state index contributed by atoms with van der Waals surface area (Å²) >= 11 is 0. The van der Waals surface area contributed by atoms with Crippen molar-refractivity contribution in [1.82, 2.24) is 4.90 Å². The first-order valence-corrected chi connectivity index (χ1v) is 20.0. The van der Waals surface area contributed by atoms with Crippen LogP contribution in [0.15, 0.2) is 115 Å². The van der Waals surface area contributed by atoms with E-state index in [1.807, 2.05) is 56.3 Å². The Labute approximate surface area is 345 Å². The molecule has 60 heavy (non-hydrogen) atoms. The molecule has 0 spiro atoms. The summed E-state index contributed by atoms with van der Waals surface area (Å²) in [7, 11) is 0. The minimum Gasteiger partial charge on any atom is -0.410 e. The van der Waals surface area contributed by atoms with Crippen LogP contribution in [0.5, 0.6) is 11.5 Å². The average molecular weight is 828 g/mol. The van der Waals surface area contributed by atoms with Gasteiger partial charge in [0.1, 0.15) is 11.5 Å². The van der Waals surface area contributed by atoms with Crippen molar-refractivity contribution in [2.24, 2.45) is 5.41 Å². The van der Waals surface area contributed by atoms with Gasteiger partial charge in [-0.15, -0.1) is 13.2 Å². The summed E-state index contributed by atoms with van der Waals surface area (Å²) in [6.07, 6.45) is -1.46. The standard InChI is InChI=1S/C48H46F5NO6/c1-30-6-5-22-46(2)41(39-19-12-32(24-36(55)15-9-30)25-40(39)44(56)35-14-20-42(49)43(50)27-35)21-23-47(46,58)29-54(28-31-10-16-37(17-11-31)60-48(51,52)53)45(57)59-38-18-13-33-7-3-4-8-34(33)26-38/h3-4,6-8,10-14,16-20,25-27,36,41,55,58H,5,9,15,21-24,28-29H2,1-2H3. The molecule has 314 valence electrons. The highest BCUT2D eigenvalue weighted by molar-refractivity contribution is 6.10. The van der Waals surface area contributed by atoms with Crippen LogP contribution < -0.4 is 9.47 Å². The van der Waals surface area contributed by atoms with Gasteiger partial charge in [0.05, 0.1) is 18.2 Å². The van der Waals surface area contributed by atoms with Crippen LogP contribution in [0.4, 0.5) is 26.7 Å². The topological polar surface area (TPSA) is 96.3 Å². The lowest BCUT2D eigenvalue weighted by Gasteiger charge is -2.46. The zero-order valence-corrected chi connectivity index (χ0v) is 33.3. The monoisotopic (exact) mass is 827 g/mol. The molecule has 0 aromatic heterocycles. The molecule has 1 saturated carbocycles. The second-order valence-electron chi connectivity index (χ2n) is 16.3. The molecule has 5 aromatic rings. The van der Waals surface area contributed by atoms with E-state index in [-0.39, 0.29) is 42.8 Å². The zero-order chi connectivity index (χ0) is 42.8. The number of hydrogen-bond donors (Lipinski definition) is 2. The molecular weight excluding hydrogens is 782 g/mol. The fourth-order valence-electron chi connectivity index (χ4n) is 8.90. The fraction of sp³-hybridized carbons (Fsp3) is 0.333. The predicted molar refractivity (Wildman–Crippen MR) is 217 cm³/mol. The van der Waals surface area contributed by atoms with Gasteiger partial charge in [-0.2, -0.15) is 0 Å². The Kier molecular flexibility index (Phi) is 12.2. The van der Waals surface area contributed by atoms with Crippen LogP contribution in [0.1, 0.15) is 90.9 Å². The van der Waals surface area contributed by atoms with Crippen LogP contribution in [0.2, 0.25) is 0 Å². The molecule has 4 atom stereocenters. The first kappa shape index (κ1) is 42.5. The van der Waals surface area contributed by atoms with Crippen molar-refractivity contribution in [2.75, 3.05) is 6.54 Å². The zero-order valence-electron chi connectivity index (χ0n) is 33.3. The molecule has 8 rings (SSSR count). The number of ketones is 1. The lowest BCUT2D eigenvalue weighted by molar-refractivity contribution is -0.274. The van der Waals surface area contributed by atoms with Gasteiger partial charge in [0, 0.05) is 23.1 Å². The molecule has 3 aliphatic carbocycles. The van der Waals surface area contributed by atoms with Gasteiger partial charge in [0.25, 0.3) is 0 Å². The fourth-order valence-corrected chi connectivity index (χ4v) is 8.90. The molecule has 0 saturated heterocycles. The lowest BCUT2D eigenvalue weighted by Crippen LogP contribution is -2.54. The number of hydrogen-bond acceptors (Lipinski definition) is 6. The van der Waals surface area contributed by atoms with Gasteiger partial charge in [-0.25, -0.2) is 13.6 Å². The summed E-state index contributed by atoms with van der Waals surface area (Å²) in [6, 6.07) is 26.2. The molecule has 7 nitrogen and oxygen atoms in total. The maximum atomic E-state index is 14.5. The first-order chi connectivity index (χ1) is 28.5. The number of amides is 1. The van der Waals surface area contributed by atoms with Crippen LogP contribution in [0.3, 0.4) is 0 Å². The van der Waals surface area contributed by atoms with E-state index in [9.17, 15) is 41.8 Å². The highest BCUT2D eigenvalue weighted by Gasteiger charge is 2.58. The van der Waals surface area contributed by atoms with Gasteiger partial charge in [0.2, 0.25) is 0 Å². The second-order valence-corrected chi connectivity index (χ2v) is 16.3. The van der Waals surface area contributed by atoms with Crippen molar-refractivity contribution in [2.45, 2.75) is 89.3 Å². The van der Waals surface area contributed by atoms with Crippen molar-refractivity contribution < 1.29 is 51.2 Å². The Morgan fingerprint density at radius 3 is 2.32 bits per heavy atom. The molecule has 4 unspecified atom stereocenters. The molecule has 5 aromatic carbocycles. The van der Waals surface area contributed by atoms with Gasteiger partial charge in [0.15, 0.2) is 17.4 Å². The maximum absolute atomic E-state index is 14.5. The van der Waals surface area contributed by atoms with Crippen molar-refractivity contribution >= 4 is 22.6 Å². The predicted octanol–water partition coefficient (Wildman–Crippen LogP) is 11.0. The number of carbonyl (C=O) groups is 2. The van der Waals surface area contributed by atoms with Crippen LogP contribution >= 0.6 is 0 Å². The number of benzene rings is 5. The molecular formula is C48H46F5NO6. The highest BCUT2D eigenvalue weighted by atomic mass is 19.4. The van der Waals surface area contributed by atoms with Gasteiger partial charge < -0.3 is 24.6 Å². The number of fused-ring (bicyclic) bond motifs is 9. The number of halogens is 5. The Balaban J connectivity index is 1.28. The molecule has 1 fully saturated rings. The molecule has 12 heteroatoms. The second kappa shape index (κ2) is 17.2. The molecule has 2 bridgehead atoms. The number of nitrogens with zero attached hydrogens (tertiary/aromatic N) is 1. The largest absolute Gasteiger partial charge is 0.573 e. The number of ether oxygens (including phenoxy) is 2. The minimum atomic E-state index is -4.89. The van der Waals surface area contributed by atoms with E-state index in [4.69, 9.17) is 4.74 Å². The SMILES string of the molecule is CC1=CCCC2(C)C(CCC2(O)CN(Cc2ccc(OC(F)(F)F)cc2)C(=O)Oc2ccc3ccccc3c2)c2ccc(cc2C(=O)c2ccc(F)c(F)c2)CC(O)CC1. The van der Waals surface area contributed by atoms with E-state index in [1.165, 1.54) is 23.1 Å². The van der Waals surface area contributed by atoms with Crippen LogP contribution in [-0.4, -0.2) is 51.6 Å². The van der Waals surface area contributed by atoms with Gasteiger partial charge in [-0.3, -0.25) is 4.79 Å². The third-order valence-electron chi connectivity index (χ3n) is 12.3. The number of carbonyl (C=O) groups excluding carboxylic acids is 2. The van der Waals surface area contributed by atoms with E-state index in [0.29, 0.717) is 48.8 Å². The van der Waals surface area contributed by atoms with Crippen molar-refractivity contribution in [3.8, 4) is 11.5 Å². The summed E-state index contributed by atoms with van der Waals surface area (Å²) in [4.78, 5) is 29.9. The third kappa shape index (κ3) is 9.40. The normalized spacial score (nSPS) is 22.1. The molecule has 1 amide bonds. The molecule has 3 aliphatic rings. The number of rotatable bonds is 8. The Bertz CT molecular complexity index is 2420. The maximum Gasteiger partial charge on any atom is 0.573 e. The van der Waals surface area contributed by atoms with Gasteiger partial charge in [-0.1, -0.05) is 73.2 Å².